The molecule has 2 heterocycles. The maximum atomic E-state index is 13.9. The molecule has 0 radical (unpaired) electrons. The Morgan fingerprint density at radius 2 is 1.87 bits per heavy atom. The number of hydrogen-bond acceptors (Lipinski definition) is 4. The second kappa shape index (κ2) is 8.23. The monoisotopic (exact) mass is 423 g/mol. The van der Waals surface area contributed by atoms with Crippen LogP contribution in [0.5, 0.6) is 5.75 Å². The highest BCUT2D eigenvalue weighted by atomic mass is 19.4. The maximum absolute atomic E-state index is 13.9. The third-order valence-electron chi connectivity index (χ3n) is 5.13. The summed E-state index contributed by atoms with van der Waals surface area (Å²) in [5.74, 6) is -1.55. The largest absolute Gasteiger partial charge is 0.573 e. The maximum Gasteiger partial charge on any atom is 0.573 e. The number of aromatic amines is 1. The van der Waals surface area contributed by atoms with Crippen molar-refractivity contribution in [2.75, 3.05) is 20.1 Å². The molecule has 0 saturated carbocycles. The standard InChI is InChI=1S/C21H21F4N3O2/c1-28-10-8-14(9-11-28)29-19(20-26-16-4-2-3-5-17(16)27-20)13-6-7-15(22)18(12-13)30-21(23,24)25/h2-7,12,14,19H,8-11H2,1H3,(H,26,27). The van der Waals surface area contributed by atoms with Crippen LogP contribution in [0.25, 0.3) is 11.0 Å². The van der Waals surface area contributed by atoms with Crippen LogP contribution in [0, 0.1) is 5.82 Å². The number of fused-ring (bicyclic) bond motifs is 1. The van der Waals surface area contributed by atoms with Crippen LogP contribution in [0.1, 0.15) is 30.3 Å². The van der Waals surface area contributed by atoms with Gasteiger partial charge in [0, 0.05) is 13.1 Å². The average molecular weight is 423 g/mol. The molecule has 2 aromatic carbocycles. The fourth-order valence-corrected chi connectivity index (χ4v) is 3.60. The van der Waals surface area contributed by atoms with E-state index < -0.39 is 24.0 Å². The number of imidazole rings is 1. The molecule has 1 fully saturated rings. The van der Waals surface area contributed by atoms with Gasteiger partial charge in [0.15, 0.2) is 11.6 Å². The number of nitrogens with zero attached hydrogens (tertiary/aromatic N) is 2. The van der Waals surface area contributed by atoms with E-state index in [9.17, 15) is 17.6 Å². The molecule has 0 bridgehead atoms. The zero-order valence-corrected chi connectivity index (χ0v) is 16.2. The zero-order chi connectivity index (χ0) is 21.3. The van der Waals surface area contributed by atoms with Gasteiger partial charge >= 0.3 is 6.36 Å². The molecule has 4 rings (SSSR count). The number of benzene rings is 2. The minimum absolute atomic E-state index is 0.101. The molecule has 1 aliphatic rings. The summed E-state index contributed by atoms with van der Waals surface area (Å²) in [6, 6.07) is 10.7. The molecule has 0 amide bonds. The molecule has 1 aliphatic heterocycles. The predicted octanol–water partition coefficient (Wildman–Crippen LogP) is 4.80. The molecule has 3 aromatic rings. The number of alkyl halides is 3. The van der Waals surface area contributed by atoms with Crippen LogP contribution in [-0.2, 0) is 4.74 Å². The number of piperidine rings is 1. The van der Waals surface area contributed by atoms with E-state index >= 15 is 0 Å². The topological polar surface area (TPSA) is 50.4 Å². The Labute approximate surface area is 170 Å². The highest BCUT2D eigenvalue weighted by molar-refractivity contribution is 5.74. The SMILES string of the molecule is CN1CCC(OC(c2ccc(F)c(OC(F)(F)F)c2)c2nc3ccccc3[nH]2)CC1. The van der Waals surface area contributed by atoms with Crippen molar-refractivity contribution in [1.29, 1.82) is 0 Å². The van der Waals surface area contributed by atoms with Crippen LogP contribution in [-0.4, -0.2) is 47.5 Å². The average Bonchev–Trinajstić information content (AvgIpc) is 3.12. The van der Waals surface area contributed by atoms with Gasteiger partial charge in [-0.25, -0.2) is 9.37 Å². The lowest BCUT2D eigenvalue weighted by molar-refractivity contribution is -0.275. The molecule has 0 aliphatic carbocycles. The number of para-hydroxylation sites is 2. The normalized spacial score (nSPS) is 17.4. The smallest absolute Gasteiger partial charge is 0.403 e. The van der Waals surface area contributed by atoms with Gasteiger partial charge in [0.1, 0.15) is 11.9 Å². The minimum Gasteiger partial charge on any atom is -0.403 e. The quantitative estimate of drug-likeness (QED) is 0.599. The van der Waals surface area contributed by atoms with Crippen molar-refractivity contribution < 1.29 is 27.0 Å². The van der Waals surface area contributed by atoms with Crippen LogP contribution < -0.4 is 4.74 Å². The van der Waals surface area contributed by atoms with Gasteiger partial charge in [0.05, 0.1) is 17.1 Å². The number of aromatic nitrogens is 2. The Morgan fingerprint density at radius 1 is 1.13 bits per heavy atom. The van der Waals surface area contributed by atoms with Crippen molar-refractivity contribution in [2.45, 2.75) is 31.4 Å². The first-order chi connectivity index (χ1) is 14.3. The van der Waals surface area contributed by atoms with Crippen molar-refractivity contribution in [3.8, 4) is 5.75 Å². The summed E-state index contributed by atoms with van der Waals surface area (Å²) in [5, 5.41) is 0. The highest BCUT2D eigenvalue weighted by Crippen LogP contribution is 2.34. The van der Waals surface area contributed by atoms with Crippen molar-refractivity contribution in [3.05, 3.63) is 59.7 Å². The van der Waals surface area contributed by atoms with Crippen LogP contribution in [0.15, 0.2) is 42.5 Å². The van der Waals surface area contributed by atoms with Crippen LogP contribution in [0.4, 0.5) is 17.6 Å². The van der Waals surface area contributed by atoms with Crippen molar-refractivity contribution in [2.24, 2.45) is 0 Å². The Hall–Kier alpha value is -2.65. The molecule has 0 spiro atoms. The molecule has 160 valence electrons. The van der Waals surface area contributed by atoms with E-state index in [1.807, 2.05) is 31.3 Å². The van der Waals surface area contributed by atoms with E-state index in [0.717, 1.165) is 43.6 Å². The fourth-order valence-electron chi connectivity index (χ4n) is 3.60. The van der Waals surface area contributed by atoms with Gasteiger partial charge in [-0.05, 0) is 49.7 Å². The third-order valence-corrected chi connectivity index (χ3v) is 5.13. The first kappa shape index (κ1) is 20.6. The molecule has 1 N–H and O–H groups in total. The van der Waals surface area contributed by atoms with Crippen molar-refractivity contribution in [3.63, 3.8) is 0 Å². The van der Waals surface area contributed by atoms with Gasteiger partial charge in [-0.3, -0.25) is 0 Å². The fraction of sp³-hybridized carbons (Fsp3) is 0.381. The van der Waals surface area contributed by atoms with Gasteiger partial charge in [0.25, 0.3) is 0 Å². The molecular weight excluding hydrogens is 402 g/mol. The number of nitrogens with one attached hydrogen (secondary N) is 1. The van der Waals surface area contributed by atoms with E-state index in [1.54, 1.807) is 0 Å². The second-order valence-corrected chi connectivity index (χ2v) is 7.40. The lowest BCUT2D eigenvalue weighted by atomic mass is 10.1. The number of hydrogen-bond donors (Lipinski definition) is 1. The lowest BCUT2D eigenvalue weighted by Crippen LogP contribution is -2.35. The summed E-state index contributed by atoms with van der Waals surface area (Å²) < 4.78 is 62.1. The summed E-state index contributed by atoms with van der Waals surface area (Å²) in [5.41, 5.74) is 1.81. The van der Waals surface area contributed by atoms with E-state index in [4.69, 9.17) is 4.74 Å². The molecule has 9 heteroatoms. The summed E-state index contributed by atoms with van der Waals surface area (Å²) in [4.78, 5) is 9.90. The predicted molar refractivity (Wildman–Crippen MR) is 103 cm³/mol. The lowest BCUT2D eigenvalue weighted by Gasteiger charge is -2.31. The number of rotatable bonds is 5. The van der Waals surface area contributed by atoms with E-state index in [2.05, 4.69) is 19.6 Å². The Balaban J connectivity index is 1.70. The van der Waals surface area contributed by atoms with Crippen molar-refractivity contribution in [1.82, 2.24) is 14.9 Å². The minimum atomic E-state index is -5.00. The van der Waals surface area contributed by atoms with Gasteiger partial charge in [-0.15, -0.1) is 13.2 Å². The zero-order valence-electron chi connectivity index (χ0n) is 16.2. The molecule has 1 unspecified atom stereocenters. The van der Waals surface area contributed by atoms with Gasteiger partial charge in [-0.2, -0.15) is 0 Å². The molecule has 1 aromatic heterocycles. The molecule has 1 saturated heterocycles. The highest BCUT2D eigenvalue weighted by Gasteiger charge is 2.33. The summed E-state index contributed by atoms with van der Waals surface area (Å²) in [6.07, 6.45) is -4.33. The van der Waals surface area contributed by atoms with Crippen LogP contribution >= 0.6 is 0 Å². The number of halogens is 4. The van der Waals surface area contributed by atoms with Crippen LogP contribution in [0.2, 0.25) is 0 Å². The molecule has 1 atom stereocenters. The van der Waals surface area contributed by atoms with Gasteiger partial charge in [-0.1, -0.05) is 18.2 Å². The molecule has 30 heavy (non-hydrogen) atoms. The van der Waals surface area contributed by atoms with E-state index in [-0.39, 0.29) is 6.10 Å². The van der Waals surface area contributed by atoms with E-state index in [1.165, 1.54) is 6.07 Å². The van der Waals surface area contributed by atoms with E-state index in [0.29, 0.717) is 16.9 Å². The van der Waals surface area contributed by atoms with Gasteiger partial charge < -0.3 is 19.4 Å². The first-order valence-corrected chi connectivity index (χ1v) is 9.62. The molecular formula is C21H21F4N3O2. The Kier molecular flexibility index (Phi) is 5.66. The summed E-state index contributed by atoms with van der Waals surface area (Å²) >= 11 is 0. The summed E-state index contributed by atoms with van der Waals surface area (Å²) in [7, 11) is 2.02. The molecule has 5 nitrogen and oxygen atoms in total. The number of ether oxygens (including phenoxy) is 2. The van der Waals surface area contributed by atoms with Gasteiger partial charge in [0.2, 0.25) is 0 Å². The summed E-state index contributed by atoms with van der Waals surface area (Å²) in [6.45, 7) is 1.70. The third kappa shape index (κ3) is 4.73. The van der Waals surface area contributed by atoms with Crippen LogP contribution in [0.3, 0.4) is 0 Å². The Bertz CT molecular complexity index is 980. The second-order valence-electron chi connectivity index (χ2n) is 7.40. The van der Waals surface area contributed by atoms with Crippen molar-refractivity contribution >= 4 is 11.0 Å². The first-order valence-electron chi connectivity index (χ1n) is 9.62. The Morgan fingerprint density at radius 3 is 2.57 bits per heavy atom. The number of likely N-dealkylation sites (tertiary alicyclic amines) is 1. The number of H-pyrrole nitrogens is 1.